The van der Waals surface area contributed by atoms with Gasteiger partial charge in [-0.1, -0.05) is 12.1 Å². The van der Waals surface area contributed by atoms with Crippen molar-refractivity contribution in [2.45, 2.75) is 25.5 Å². The molecule has 2 aliphatic heterocycles. The summed E-state index contributed by atoms with van der Waals surface area (Å²) in [6.45, 7) is 1.69. The van der Waals surface area contributed by atoms with E-state index in [0.29, 0.717) is 39.3 Å². The Bertz CT molecular complexity index is 1260. The number of hydrogen-bond donors (Lipinski definition) is 2. The second-order valence-electron chi connectivity index (χ2n) is 7.61. The van der Waals surface area contributed by atoms with E-state index in [1.807, 2.05) is 12.1 Å². The fourth-order valence-corrected chi connectivity index (χ4v) is 4.10. The minimum absolute atomic E-state index is 0.0999. The normalized spacial score (nSPS) is 17.2. The highest BCUT2D eigenvalue weighted by atomic mass is 32.1. The molecule has 3 heterocycles. The number of nitrogens with one attached hydrogen (secondary N) is 2. The zero-order valence-corrected chi connectivity index (χ0v) is 17.5. The summed E-state index contributed by atoms with van der Waals surface area (Å²) < 4.78 is 18.1. The molecule has 1 fully saturated rings. The van der Waals surface area contributed by atoms with Gasteiger partial charge in [0.05, 0.1) is 23.6 Å². The van der Waals surface area contributed by atoms with Gasteiger partial charge in [0.2, 0.25) is 6.79 Å². The number of aromatic amines is 1. The Morgan fingerprint density at radius 1 is 1.19 bits per heavy atom. The molecule has 1 aromatic heterocycles. The molecule has 1 amide bonds. The van der Waals surface area contributed by atoms with Gasteiger partial charge in [0.25, 0.3) is 11.5 Å². The number of aromatic nitrogens is 2. The molecule has 31 heavy (non-hydrogen) atoms. The maximum atomic E-state index is 13.0. The third-order valence-electron chi connectivity index (χ3n) is 5.55. The molecule has 2 aliphatic rings. The van der Waals surface area contributed by atoms with Gasteiger partial charge in [-0.3, -0.25) is 14.2 Å². The van der Waals surface area contributed by atoms with E-state index in [1.54, 1.807) is 24.3 Å². The zero-order valence-electron chi connectivity index (χ0n) is 16.7. The molecule has 1 atom stereocenters. The lowest BCUT2D eigenvalue weighted by molar-refractivity contribution is 0.0858. The quantitative estimate of drug-likeness (QED) is 0.594. The smallest absolute Gasteiger partial charge is 0.262 e. The average Bonchev–Trinajstić information content (AvgIpc) is 3.46. The van der Waals surface area contributed by atoms with Crippen LogP contribution in [0.3, 0.4) is 0 Å². The highest BCUT2D eigenvalue weighted by molar-refractivity contribution is 7.71. The summed E-state index contributed by atoms with van der Waals surface area (Å²) in [6.07, 6.45) is 2.11. The third kappa shape index (κ3) is 3.94. The molecule has 0 spiro atoms. The number of benzene rings is 2. The Labute approximate surface area is 182 Å². The number of rotatable bonds is 5. The largest absolute Gasteiger partial charge is 0.454 e. The van der Waals surface area contributed by atoms with Crippen LogP contribution >= 0.6 is 12.2 Å². The summed E-state index contributed by atoms with van der Waals surface area (Å²) in [7, 11) is 0. The zero-order chi connectivity index (χ0) is 21.4. The minimum atomic E-state index is -0.213. The summed E-state index contributed by atoms with van der Waals surface area (Å²) in [6, 6.07) is 10.5. The summed E-state index contributed by atoms with van der Waals surface area (Å²) in [4.78, 5) is 28.5. The van der Waals surface area contributed by atoms with E-state index < -0.39 is 0 Å². The highest BCUT2D eigenvalue weighted by Crippen LogP contribution is 2.34. The predicted molar refractivity (Wildman–Crippen MR) is 116 cm³/mol. The van der Waals surface area contributed by atoms with Crippen LogP contribution < -0.4 is 20.3 Å². The molecule has 1 saturated heterocycles. The number of fused-ring (bicyclic) bond motifs is 2. The van der Waals surface area contributed by atoms with Crippen molar-refractivity contribution in [2.24, 2.45) is 0 Å². The topological polar surface area (TPSA) is 94.6 Å². The lowest BCUT2D eigenvalue weighted by atomic mass is 10.1. The van der Waals surface area contributed by atoms with Gasteiger partial charge >= 0.3 is 0 Å². The molecule has 2 N–H and O–H groups in total. The molecule has 5 rings (SSSR count). The Morgan fingerprint density at radius 3 is 2.71 bits per heavy atom. The van der Waals surface area contributed by atoms with Crippen molar-refractivity contribution in [2.75, 3.05) is 19.9 Å². The van der Waals surface area contributed by atoms with Crippen LogP contribution in [-0.2, 0) is 11.3 Å². The van der Waals surface area contributed by atoms with Gasteiger partial charge in [-0.25, -0.2) is 0 Å². The summed E-state index contributed by atoms with van der Waals surface area (Å²) in [5.41, 5.74) is 1.81. The standard InChI is InChI=1S/C22H21N3O5S/c26-20(23-10-15-2-1-7-28-15)14-5-3-13(4-6-14)11-25-21(27)16-8-18-19(30-12-29-18)9-17(16)24-22(25)31/h3-6,8-9,15H,1-2,7,10-12H2,(H,23,26)(H,24,31)/t15-/m1/s1. The maximum Gasteiger partial charge on any atom is 0.262 e. The Hall–Kier alpha value is -3.17. The summed E-state index contributed by atoms with van der Waals surface area (Å²) in [5, 5.41) is 3.38. The van der Waals surface area contributed by atoms with Crippen LogP contribution in [0.25, 0.3) is 10.9 Å². The van der Waals surface area contributed by atoms with Gasteiger partial charge in [-0.15, -0.1) is 0 Å². The van der Waals surface area contributed by atoms with Crippen LogP contribution in [0.5, 0.6) is 11.5 Å². The van der Waals surface area contributed by atoms with Crippen molar-refractivity contribution in [3.05, 3.63) is 62.6 Å². The van der Waals surface area contributed by atoms with Crippen LogP contribution in [0.4, 0.5) is 0 Å². The number of nitrogens with zero attached hydrogens (tertiary/aromatic N) is 1. The van der Waals surface area contributed by atoms with Crippen LogP contribution in [0.1, 0.15) is 28.8 Å². The van der Waals surface area contributed by atoms with E-state index in [2.05, 4.69) is 10.3 Å². The van der Waals surface area contributed by atoms with E-state index in [-0.39, 0.29) is 30.9 Å². The second kappa shape index (κ2) is 8.16. The number of ether oxygens (including phenoxy) is 3. The van der Waals surface area contributed by atoms with Crippen LogP contribution in [0.2, 0.25) is 0 Å². The lowest BCUT2D eigenvalue weighted by Gasteiger charge is -2.12. The first-order valence-electron chi connectivity index (χ1n) is 10.1. The molecule has 9 heteroatoms. The van der Waals surface area contributed by atoms with E-state index in [9.17, 15) is 9.59 Å². The fourth-order valence-electron chi connectivity index (χ4n) is 3.84. The van der Waals surface area contributed by atoms with Gasteiger partial charge in [-0.05, 0) is 48.8 Å². The molecule has 0 bridgehead atoms. The number of H-pyrrole nitrogens is 1. The Kier molecular flexibility index (Phi) is 5.21. The Morgan fingerprint density at radius 2 is 1.97 bits per heavy atom. The molecular formula is C22H21N3O5S. The first-order valence-corrected chi connectivity index (χ1v) is 10.5. The van der Waals surface area contributed by atoms with Crippen molar-refractivity contribution in [1.82, 2.24) is 14.9 Å². The van der Waals surface area contributed by atoms with Crippen LogP contribution in [0.15, 0.2) is 41.2 Å². The number of amides is 1. The van der Waals surface area contributed by atoms with E-state index in [0.717, 1.165) is 25.0 Å². The lowest BCUT2D eigenvalue weighted by Crippen LogP contribution is -2.31. The first-order chi connectivity index (χ1) is 15.1. The van der Waals surface area contributed by atoms with E-state index in [1.165, 1.54) is 4.57 Å². The van der Waals surface area contributed by atoms with Crippen molar-refractivity contribution >= 4 is 29.0 Å². The van der Waals surface area contributed by atoms with Crippen molar-refractivity contribution in [3.63, 3.8) is 0 Å². The molecule has 0 saturated carbocycles. The van der Waals surface area contributed by atoms with Crippen molar-refractivity contribution in [1.29, 1.82) is 0 Å². The van der Waals surface area contributed by atoms with Gasteiger partial charge in [0.15, 0.2) is 16.3 Å². The highest BCUT2D eigenvalue weighted by Gasteiger charge is 2.18. The Balaban J connectivity index is 1.34. The molecule has 2 aromatic carbocycles. The van der Waals surface area contributed by atoms with E-state index >= 15 is 0 Å². The molecule has 8 nitrogen and oxygen atoms in total. The van der Waals surface area contributed by atoms with E-state index in [4.69, 9.17) is 26.4 Å². The molecule has 3 aromatic rings. The van der Waals surface area contributed by atoms with Crippen molar-refractivity contribution in [3.8, 4) is 11.5 Å². The molecule has 0 aliphatic carbocycles. The van der Waals surface area contributed by atoms with Crippen LogP contribution in [0, 0.1) is 4.77 Å². The predicted octanol–water partition coefficient (Wildman–Crippen LogP) is 2.74. The number of carbonyl (C=O) groups is 1. The second-order valence-corrected chi connectivity index (χ2v) is 8.00. The molecule has 0 radical (unpaired) electrons. The monoisotopic (exact) mass is 439 g/mol. The van der Waals surface area contributed by atoms with Gasteiger partial charge < -0.3 is 24.5 Å². The first kappa shape index (κ1) is 19.8. The van der Waals surface area contributed by atoms with Crippen LogP contribution in [-0.4, -0.2) is 41.5 Å². The minimum Gasteiger partial charge on any atom is -0.454 e. The SMILES string of the molecule is O=C(NC[C@H]1CCCO1)c1ccc(Cn2c(=S)[nH]c3cc4c(cc3c2=O)OCO4)cc1. The number of carbonyl (C=O) groups excluding carboxylic acids is 1. The van der Waals surface area contributed by atoms with Gasteiger partial charge in [0, 0.05) is 24.8 Å². The number of hydrogen-bond acceptors (Lipinski definition) is 6. The molecule has 160 valence electrons. The summed E-state index contributed by atoms with van der Waals surface area (Å²) >= 11 is 5.41. The average molecular weight is 439 g/mol. The van der Waals surface area contributed by atoms with Gasteiger partial charge in [0.1, 0.15) is 0 Å². The van der Waals surface area contributed by atoms with Gasteiger partial charge in [-0.2, -0.15) is 0 Å². The molecular weight excluding hydrogens is 418 g/mol. The maximum absolute atomic E-state index is 13.0. The van der Waals surface area contributed by atoms with Crippen molar-refractivity contribution < 1.29 is 19.0 Å². The fraction of sp³-hybridized carbons (Fsp3) is 0.318. The summed E-state index contributed by atoms with van der Waals surface area (Å²) in [5.74, 6) is 0.988. The third-order valence-corrected chi connectivity index (χ3v) is 5.87. The molecule has 0 unspecified atom stereocenters.